The molecule has 25 heavy (non-hydrogen) atoms. The molecule has 2 aromatic rings. The summed E-state index contributed by atoms with van der Waals surface area (Å²) in [6.07, 6.45) is 1.93. The number of rotatable bonds is 6. The van der Waals surface area contributed by atoms with Crippen molar-refractivity contribution in [1.29, 1.82) is 0 Å². The van der Waals surface area contributed by atoms with Crippen LogP contribution >= 0.6 is 11.6 Å². The Bertz CT molecular complexity index is 777. The minimum atomic E-state index is -0.378. The Hall–Kier alpha value is -2.40. The van der Waals surface area contributed by atoms with E-state index in [2.05, 4.69) is 17.2 Å². The summed E-state index contributed by atoms with van der Waals surface area (Å²) in [5, 5.41) is 3.32. The van der Waals surface area contributed by atoms with Crippen LogP contribution in [-0.4, -0.2) is 35.3 Å². The van der Waals surface area contributed by atoms with Crippen molar-refractivity contribution in [2.24, 2.45) is 0 Å². The summed E-state index contributed by atoms with van der Waals surface area (Å²) in [6.45, 7) is 4.61. The fourth-order valence-corrected chi connectivity index (χ4v) is 2.46. The molecular weight excluding hydrogens is 338 g/mol. The Kier molecular flexibility index (Phi) is 6.53. The normalized spacial score (nSPS) is 10.4. The molecule has 0 spiro atoms. The first-order valence-electron chi connectivity index (χ1n) is 8.22. The van der Waals surface area contributed by atoms with Crippen molar-refractivity contribution >= 4 is 29.1 Å². The predicted octanol–water partition coefficient (Wildman–Crippen LogP) is 4.17. The average molecular weight is 360 g/mol. The van der Waals surface area contributed by atoms with Crippen LogP contribution in [0.5, 0.6) is 0 Å². The van der Waals surface area contributed by atoms with Crippen LogP contribution in [0.25, 0.3) is 0 Å². The molecule has 0 bridgehead atoms. The third kappa shape index (κ3) is 5.03. The van der Waals surface area contributed by atoms with E-state index in [4.69, 9.17) is 11.6 Å². The van der Waals surface area contributed by atoms with E-state index in [-0.39, 0.29) is 23.2 Å². The van der Waals surface area contributed by atoms with Crippen molar-refractivity contribution in [3.63, 3.8) is 0 Å². The fraction of sp³-hybridized carbons (Fsp3) is 0.316. The molecule has 0 aliphatic carbocycles. The number of anilines is 1. The van der Waals surface area contributed by atoms with Crippen LogP contribution in [0, 0.1) is 6.92 Å². The molecule has 132 valence electrons. The van der Waals surface area contributed by atoms with Crippen LogP contribution in [0.3, 0.4) is 0 Å². The second-order valence-corrected chi connectivity index (χ2v) is 6.34. The maximum absolute atomic E-state index is 12.5. The predicted molar refractivity (Wildman–Crippen MR) is 100 cm³/mol. The van der Waals surface area contributed by atoms with Gasteiger partial charge in [-0.1, -0.05) is 37.1 Å². The van der Waals surface area contributed by atoms with Crippen LogP contribution < -0.4 is 5.32 Å². The quantitative estimate of drug-likeness (QED) is 0.842. The van der Waals surface area contributed by atoms with Gasteiger partial charge in [-0.2, -0.15) is 0 Å². The van der Waals surface area contributed by atoms with E-state index in [0.717, 1.165) is 18.4 Å². The summed E-state index contributed by atoms with van der Waals surface area (Å²) in [5.41, 5.74) is 1.96. The van der Waals surface area contributed by atoms with Gasteiger partial charge in [-0.15, -0.1) is 0 Å². The Morgan fingerprint density at radius 1 is 1.20 bits per heavy atom. The number of pyridine rings is 1. The topological polar surface area (TPSA) is 62.3 Å². The van der Waals surface area contributed by atoms with Crippen molar-refractivity contribution in [2.45, 2.75) is 26.7 Å². The van der Waals surface area contributed by atoms with Crippen LogP contribution in [0.15, 0.2) is 36.4 Å². The van der Waals surface area contributed by atoms with Crippen molar-refractivity contribution in [3.05, 3.63) is 58.4 Å². The van der Waals surface area contributed by atoms with Crippen molar-refractivity contribution < 1.29 is 9.59 Å². The number of unbranched alkanes of at least 4 members (excludes halogenated alkanes) is 1. The van der Waals surface area contributed by atoms with E-state index >= 15 is 0 Å². The van der Waals surface area contributed by atoms with Gasteiger partial charge in [0.25, 0.3) is 11.8 Å². The van der Waals surface area contributed by atoms with Gasteiger partial charge in [0.05, 0.1) is 0 Å². The first kappa shape index (κ1) is 18.9. The van der Waals surface area contributed by atoms with Gasteiger partial charge in [0, 0.05) is 24.3 Å². The van der Waals surface area contributed by atoms with Gasteiger partial charge in [-0.3, -0.25) is 9.59 Å². The first-order valence-corrected chi connectivity index (χ1v) is 8.60. The average Bonchev–Trinajstić information content (AvgIpc) is 2.62. The number of amides is 2. The molecular formula is C19H22ClN3O2. The van der Waals surface area contributed by atoms with Crippen LogP contribution in [-0.2, 0) is 0 Å². The molecule has 0 aliphatic heterocycles. The molecule has 0 saturated carbocycles. The number of benzene rings is 1. The summed E-state index contributed by atoms with van der Waals surface area (Å²) in [6, 6.07) is 10.1. The Morgan fingerprint density at radius 3 is 2.64 bits per heavy atom. The largest absolute Gasteiger partial charge is 0.340 e. The lowest BCUT2D eigenvalue weighted by Gasteiger charge is -2.16. The molecule has 1 heterocycles. The number of halogens is 1. The highest BCUT2D eigenvalue weighted by Gasteiger charge is 2.16. The number of aryl methyl sites for hydroxylation is 1. The van der Waals surface area contributed by atoms with E-state index in [1.165, 1.54) is 0 Å². The monoisotopic (exact) mass is 359 g/mol. The maximum Gasteiger partial charge on any atom is 0.274 e. The minimum Gasteiger partial charge on any atom is -0.340 e. The smallest absolute Gasteiger partial charge is 0.274 e. The van der Waals surface area contributed by atoms with E-state index in [1.807, 2.05) is 13.0 Å². The number of carbonyl (C=O) groups excluding carboxylic acids is 2. The maximum atomic E-state index is 12.5. The van der Waals surface area contributed by atoms with Gasteiger partial charge in [-0.05, 0) is 43.2 Å². The molecule has 1 aromatic heterocycles. The van der Waals surface area contributed by atoms with Gasteiger partial charge in [0.15, 0.2) is 0 Å². The Balaban J connectivity index is 2.16. The molecule has 5 nitrogen and oxygen atoms in total. The third-order valence-corrected chi connectivity index (χ3v) is 4.08. The summed E-state index contributed by atoms with van der Waals surface area (Å²) in [5.74, 6) is -0.571. The van der Waals surface area contributed by atoms with E-state index in [1.54, 1.807) is 42.3 Å². The first-order chi connectivity index (χ1) is 11.9. The Labute approximate surface area is 153 Å². The standard InChI is InChI=1S/C19H22ClN3O2/c1-4-5-11-23(3)19(25)16-8-6-7-15(21-16)18(24)22-17-12-14(20)10-9-13(17)2/h6-10,12H,4-5,11H2,1-3H3,(H,22,24). The summed E-state index contributed by atoms with van der Waals surface area (Å²) in [4.78, 5) is 30.7. The van der Waals surface area contributed by atoms with Crippen LogP contribution in [0.4, 0.5) is 5.69 Å². The van der Waals surface area contributed by atoms with Gasteiger partial charge in [-0.25, -0.2) is 4.98 Å². The van der Waals surface area contributed by atoms with Crippen molar-refractivity contribution in [3.8, 4) is 0 Å². The second kappa shape index (κ2) is 8.62. The molecule has 0 radical (unpaired) electrons. The minimum absolute atomic E-state index is 0.189. The van der Waals surface area contributed by atoms with Gasteiger partial charge < -0.3 is 10.2 Å². The molecule has 2 amide bonds. The second-order valence-electron chi connectivity index (χ2n) is 5.90. The lowest BCUT2D eigenvalue weighted by Crippen LogP contribution is -2.29. The molecule has 1 aromatic carbocycles. The fourth-order valence-electron chi connectivity index (χ4n) is 2.29. The van der Waals surface area contributed by atoms with E-state index < -0.39 is 0 Å². The molecule has 0 unspecified atom stereocenters. The van der Waals surface area contributed by atoms with Gasteiger partial charge in [0.2, 0.25) is 0 Å². The van der Waals surface area contributed by atoms with Crippen LogP contribution in [0.1, 0.15) is 46.3 Å². The third-order valence-electron chi connectivity index (χ3n) is 3.84. The molecule has 0 fully saturated rings. The Morgan fingerprint density at radius 2 is 1.92 bits per heavy atom. The van der Waals surface area contributed by atoms with Gasteiger partial charge >= 0.3 is 0 Å². The van der Waals surface area contributed by atoms with E-state index in [0.29, 0.717) is 17.3 Å². The number of nitrogens with one attached hydrogen (secondary N) is 1. The zero-order valence-electron chi connectivity index (χ0n) is 14.7. The van der Waals surface area contributed by atoms with E-state index in [9.17, 15) is 9.59 Å². The number of hydrogen-bond donors (Lipinski definition) is 1. The lowest BCUT2D eigenvalue weighted by molar-refractivity contribution is 0.0787. The summed E-state index contributed by atoms with van der Waals surface area (Å²) in [7, 11) is 1.74. The zero-order valence-corrected chi connectivity index (χ0v) is 15.4. The highest BCUT2D eigenvalue weighted by Crippen LogP contribution is 2.20. The lowest BCUT2D eigenvalue weighted by atomic mass is 10.2. The summed E-state index contributed by atoms with van der Waals surface area (Å²) < 4.78 is 0. The molecule has 6 heteroatoms. The highest BCUT2D eigenvalue weighted by molar-refractivity contribution is 6.31. The number of aromatic nitrogens is 1. The van der Waals surface area contributed by atoms with Crippen molar-refractivity contribution in [2.75, 3.05) is 18.9 Å². The van der Waals surface area contributed by atoms with Crippen LogP contribution in [0.2, 0.25) is 5.02 Å². The molecule has 1 N–H and O–H groups in total. The molecule has 0 aliphatic rings. The number of hydrogen-bond acceptors (Lipinski definition) is 3. The zero-order chi connectivity index (χ0) is 18.4. The number of carbonyl (C=O) groups is 2. The van der Waals surface area contributed by atoms with Crippen molar-refractivity contribution in [1.82, 2.24) is 9.88 Å². The van der Waals surface area contributed by atoms with Gasteiger partial charge in [0.1, 0.15) is 11.4 Å². The number of nitrogens with zero attached hydrogens (tertiary/aromatic N) is 2. The molecule has 0 saturated heterocycles. The SMILES string of the molecule is CCCCN(C)C(=O)c1cccc(C(=O)Nc2cc(Cl)ccc2C)n1. The molecule has 0 atom stereocenters. The summed E-state index contributed by atoms with van der Waals surface area (Å²) >= 11 is 5.97. The molecule has 2 rings (SSSR count). The highest BCUT2D eigenvalue weighted by atomic mass is 35.5.